The van der Waals surface area contributed by atoms with E-state index in [2.05, 4.69) is 60.6 Å². The summed E-state index contributed by atoms with van der Waals surface area (Å²) in [5.41, 5.74) is 8.61. The number of nitrogens with one attached hydrogen (secondary N) is 1. The fraction of sp³-hybridized carbons (Fsp3) is 0.300. The quantitative estimate of drug-likeness (QED) is 0.446. The van der Waals surface area contributed by atoms with Crippen LogP contribution in [0.15, 0.2) is 67.0 Å². The van der Waals surface area contributed by atoms with Crippen LogP contribution in [0.3, 0.4) is 0 Å². The average Bonchev–Trinajstić information content (AvgIpc) is 2.87. The van der Waals surface area contributed by atoms with E-state index < -0.39 is 0 Å². The summed E-state index contributed by atoms with van der Waals surface area (Å²) in [6.45, 7) is 8.94. The van der Waals surface area contributed by atoms with Crippen molar-refractivity contribution in [2.45, 2.75) is 53.6 Å². The highest BCUT2D eigenvalue weighted by Gasteiger charge is 2.10. The highest BCUT2D eigenvalue weighted by molar-refractivity contribution is 5.94. The molecule has 0 bridgehead atoms. The van der Waals surface area contributed by atoms with Gasteiger partial charge in [-0.1, -0.05) is 49.4 Å². The van der Waals surface area contributed by atoms with Crippen molar-refractivity contribution in [1.29, 1.82) is 0 Å². The van der Waals surface area contributed by atoms with E-state index in [1.165, 1.54) is 16.7 Å². The molecular formula is C30H35N3O2. The lowest BCUT2D eigenvalue weighted by molar-refractivity contribution is -0.128. The van der Waals surface area contributed by atoms with Crippen LogP contribution in [-0.2, 0) is 30.7 Å². The number of aromatic nitrogens is 1. The Balaban J connectivity index is 1.64. The Morgan fingerprint density at radius 1 is 0.943 bits per heavy atom. The summed E-state index contributed by atoms with van der Waals surface area (Å²) in [5.74, 6) is -0.0904. The van der Waals surface area contributed by atoms with Crippen LogP contribution in [0.1, 0.15) is 71.4 Å². The molecule has 0 saturated heterocycles. The third-order valence-electron chi connectivity index (χ3n) is 6.31. The van der Waals surface area contributed by atoms with Gasteiger partial charge in [-0.25, -0.2) is 0 Å². The Bertz CT molecular complexity index is 1210. The van der Waals surface area contributed by atoms with Gasteiger partial charge in [0.15, 0.2) is 0 Å². The molecular weight excluding hydrogens is 434 g/mol. The van der Waals surface area contributed by atoms with Crippen molar-refractivity contribution in [2.75, 3.05) is 7.05 Å². The van der Waals surface area contributed by atoms with Gasteiger partial charge < -0.3 is 10.2 Å². The number of carbonyl (C=O) groups is 2. The van der Waals surface area contributed by atoms with E-state index in [4.69, 9.17) is 0 Å². The van der Waals surface area contributed by atoms with Crippen molar-refractivity contribution in [1.82, 2.24) is 15.2 Å². The van der Waals surface area contributed by atoms with E-state index in [9.17, 15) is 9.59 Å². The molecule has 182 valence electrons. The van der Waals surface area contributed by atoms with Crippen molar-refractivity contribution in [3.63, 3.8) is 0 Å². The first-order valence-corrected chi connectivity index (χ1v) is 12.1. The molecule has 0 aliphatic carbocycles. The topological polar surface area (TPSA) is 62.3 Å². The largest absolute Gasteiger partial charge is 0.348 e. The van der Waals surface area contributed by atoms with Crippen LogP contribution in [0.4, 0.5) is 0 Å². The molecule has 1 N–H and O–H groups in total. The third-order valence-corrected chi connectivity index (χ3v) is 6.31. The second-order valence-electron chi connectivity index (χ2n) is 8.95. The molecule has 0 aliphatic rings. The van der Waals surface area contributed by atoms with Gasteiger partial charge in [-0.2, -0.15) is 0 Å². The Labute approximate surface area is 208 Å². The molecule has 0 fully saturated rings. The standard InChI is InChI=1S/C30H35N3O2/c1-6-21(3)29-16-25(12-13-27(29)7-2)18-32-30(35)28-15-26(17-31-19-28)14-23-8-10-24(11-9-23)20-33(5)22(4)34/h6,8-13,15-17,19H,7,14,18,20H2,1-5H3,(H,32,35)/b21-6-. The first-order valence-electron chi connectivity index (χ1n) is 12.1. The number of allylic oxidation sites excluding steroid dienone is 2. The molecule has 0 spiro atoms. The van der Waals surface area contributed by atoms with E-state index >= 15 is 0 Å². The molecule has 5 heteroatoms. The van der Waals surface area contributed by atoms with Gasteiger partial charge in [0.2, 0.25) is 5.91 Å². The van der Waals surface area contributed by atoms with Crippen LogP contribution in [0.5, 0.6) is 0 Å². The lowest BCUT2D eigenvalue weighted by atomic mass is 9.96. The molecule has 0 saturated carbocycles. The number of aryl methyl sites for hydroxylation is 1. The Morgan fingerprint density at radius 2 is 1.63 bits per heavy atom. The van der Waals surface area contributed by atoms with Gasteiger partial charge in [0.05, 0.1) is 5.56 Å². The minimum absolute atomic E-state index is 0.0431. The predicted octanol–water partition coefficient (Wildman–Crippen LogP) is 5.57. The number of hydrogen-bond donors (Lipinski definition) is 1. The van der Waals surface area contributed by atoms with Crippen LogP contribution in [0.25, 0.3) is 5.57 Å². The first kappa shape index (κ1) is 25.9. The van der Waals surface area contributed by atoms with E-state index in [0.717, 1.165) is 28.7 Å². The Hall–Kier alpha value is -3.73. The van der Waals surface area contributed by atoms with E-state index in [0.29, 0.717) is 25.1 Å². The normalized spacial score (nSPS) is 11.3. The van der Waals surface area contributed by atoms with Crippen molar-refractivity contribution < 1.29 is 9.59 Å². The minimum Gasteiger partial charge on any atom is -0.348 e. The zero-order chi connectivity index (χ0) is 25.4. The van der Waals surface area contributed by atoms with Crippen LogP contribution in [0.2, 0.25) is 0 Å². The molecule has 3 rings (SSSR count). The third kappa shape index (κ3) is 7.12. The van der Waals surface area contributed by atoms with Gasteiger partial charge in [0.25, 0.3) is 5.91 Å². The zero-order valence-electron chi connectivity index (χ0n) is 21.4. The maximum absolute atomic E-state index is 12.8. The van der Waals surface area contributed by atoms with Gasteiger partial charge >= 0.3 is 0 Å². The van der Waals surface area contributed by atoms with Gasteiger partial charge in [0.1, 0.15) is 0 Å². The molecule has 3 aromatic rings. The maximum Gasteiger partial charge on any atom is 0.253 e. The molecule has 1 aromatic heterocycles. The van der Waals surface area contributed by atoms with Gasteiger partial charge in [-0.3, -0.25) is 14.6 Å². The van der Waals surface area contributed by atoms with E-state index in [1.54, 1.807) is 31.3 Å². The highest BCUT2D eigenvalue weighted by Crippen LogP contribution is 2.21. The number of hydrogen-bond acceptors (Lipinski definition) is 3. The van der Waals surface area contributed by atoms with Crippen LogP contribution >= 0.6 is 0 Å². The SMILES string of the molecule is C/C=C(/C)c1cc(CNC(=O)c2cncc(Cc3ccc(CN(C)C(C)=O)cc3)c2)ccc1CC. The second kappa shape index (κ2) is 12.1. The number of rotatable bonds is 9. The van der Waals surface area contributed by atoms with Crippen molar-refractivity contribution >= 4 is 17.4 Å². The van der Waals surface area contributed by atoms with Gasteiger partial charge in [-0.05, 0) is 77.8 Å². The number of nitrogens with zero attached hydrogens (tertiary/aromatic N) is 2. The van der Waals surface area contributed by atoms with Crippen molar-refractivity contribution in [3.05, 3.63) is 106 Å². The second-order valence-corrected chi connectivity index (χ2v) is 8.95. The smallest absolute Gasteiger partial charge is 0.253 e. The summed E-state index contributed by atoms with van der Waals surface area (Å²) in [7, 11) is 1.79. The fourth-order valence-electron chi connectivity index (χ4n) is 3.94. The number of amides is 2. The Kier molecular flexibility index (Phi) is 8.96. The minimum atomic E-state index is -0.133. The maximum atomic E-state index is 12.8. The molecule has 0 radical (unpaired) electrons. The van der Waals surface area contributed by atoms with E-state index in [1.807, 2.05) is 25.1 Å². The summed E-state index contributed by atoms with van der Waals surface area (Å²) >= 11 is 0. The lowest BCUT2D eigenvalue weighted by Crippen LogP contribution is -2.23. The van der Waals surface area contributed by atoms with Crippen molar-refractivity contribution in [3.8, 4) is 0 Å². The predicted molar refractivity (Wildman–Crippen MR) is 142 cm³/mol. The first-order chi connectivity index (χ1) is 16.8. The van der Waals surface area contributed by atoms with Gasteiger partial charge in [0, 0.05) is 39.5 Å². The molecule has 5 nitrogen and oxygen atoms in total. The number of pyridine rings is 1. The molecule has 2 amide bonds. The van der Waals surface area contributed by atoms with Crippen LogP contribution < -0.4 is 5.32 Å². The zero-order valence-corrected chi connectivity index (χ0v) is 21.4. The van der Waals surface area contributed by atoms with Crippen LogP contribution in [-0.4, -0.2) is 28.7 Å². The lowest BCUT2D eigenvalue weighted by Gasteiger charge is -2.15. The van der Waals surface area contributed by atoms with E-state index in [-0.39, 0.29) is 11.8 Å². The average molecular weight is 470 g/mol. The number of benzene rings is 2. The Morgan fingerprint density at radius 3 is 2.29 bits per heavy atom. The molecule has 35 heavy (non-hydrogen) atoms. The summed E-state index contributed by atoms with van der Waals surface area (Å²) in [6, 6.07) is 16.5. The monoisotopic (exact) mass is 469 g/mol. The summed E-state index contributed by atoms with van der Waals surface area (Å²) in [6.07, 6.45) is 7.18. The fourth-order valence-corrected chi connectivity index (χ4v) is 3.94. The highest BCUT2D eigenvalue weighted by atomic mass is 16.2. The summed E-state index contributed by atoms with van der Waals surface area (Å²) < 4.78 is 0. The molecule has 2 aromatic carbocycles. The summed E-state index contributed by atoms with van der Waals surface area (Å²) in [5, 5.41) is 3.03. The number of carbonyl (C=O) groups excluding carboxylic acids is 2. The summed E-state index contributed by atoms with van der Waals surface area (Å²) in [4.78, 5) is 30.2. The molecule has 0 unspecified atom stereocenters. The molecule has 0 atom stereocenters. The molecule has 0 aliphatic heterocycles. The molecule has 1 heterocycles. The van der Waals surface area contributed by atoms with Crippen LogP contribution in [0, 0.1) is 0 Å². The van der Waals surface area contributed by atoms with Crippen molar-refractivity contribution in [2.24, 2.45) is 0 Å². The van der Waals surface area contributed by atoms with Gasteiger partial charge in [-0.15, -0.1) is 0 Å².